The molecule has 138 valence electrons. The average Bonchev–Trinajstić information content (AvgIpc) is 3.36. The molecule has 6 nitrogen and oxygen atoms in total. The van der Waals surface area contributed by atoms with Gasteiger partial charge >= 0.3 is 0 Å². The monoisotopic (exact) mass is 363 g/mol. The first kappa shape index (κ1) is 17.3. The number of likely N-dealkylation sites (tertiary alicyclic amines) is 1. The number of rotatable bonds is 5. The number of amides is 1. The van der Waals surface area contributed by atoms with Crippen LogP contribution in [0.3, 0.4) is 0 Å². The molecule has 6 heteroatoms. The summed E-state index contributed by atoms with van der Waals surface area (Å²) >= 11 is 0. The van der Waals surface area contributed by atoms with Crippen molar-refractivity contribution in [2.45, 2.75) is 25.8 Å². The van der Waals surface area contributed by atoms with Gasteiger partial charge in [0, 0.05) is 12.1 Å². The van der Waals surface area contributed by atoms with Crippen LogP contribution < -0.4 is 4.74 Å². The molecule has 0 saturated carbocycles. The number of para-hydroxylation sites is 1. The van der Waals surface area contributed by atoms with Crippen molar-refractivity contribution in [2.75, 3.05) is 13.2 Å². The van der Waals surface area contributed by atoms with Crippen molar-refractivity contribution in [3.05, 3.63) is 66.1 Å². The third-order valence-corrected chi connectivity index (χ3v) is 4.68. The van der Waals surface area contributed by atoms with Crippen molar-refractivity contribution in [1.82, 2.24) is 15.0 Å². The molecule has 2 heterocycles. The lowest BCUT2D eigenvalue weighted by Gasteiger charge is -2.21. The highest BCUT2D eigenvalue weighted by molar-refractivity contribution is 5.78. The zero-order valence-electron chi connectivity index (χ0n) is 15.2. The van der Waals surface area contributed by atoms with Gasteiger partial charge in [-0.2, -0.15) is 4.98 Å². The number of carbonyl (C=O) groups excluding carboxylic acids is 1. The van der Waals surface area contributed by atoms with Gasteiger partial charge in [-0.05, 0) is 38.0 Å². The third kappa shape index (κ3) is 3.84. The first-order valence-electron chi connectivity index (χ1n) is 9.09. The molecule has 1 aromatic heterocycles. The molecular weight excluding hydrogens is 342 g/mol. The van der Waals surface area contributed by atoms with E-state index in [-0.39, 0.29) is 18.6 Å². The maximum Gasteiger partial charge on any atom is 0.261 e. The molecule has 0 aliphatic carbocycles. The first-order valence-corrected chi connectivity index (χ1v) is 9.09. The highest BCUT2D eigenvalue weighted by atomic mass is 16.5. The standard InChI is InChI=1S/C21H21N3O3/c1-15-7-5-8-16(13-15)20-22-21(27-23-20)18-11-6-12-24(18)19(25)14-26-17-9-3-2-4-10-17/h2-5,7-10,13,18H,6,11-12,14H2,1H3/t18-/m1/s1. The van der Waals surface area contributed by atoms with Crippen LogP contribution in [0.2, 0.25) is 0 Å². The van der Waals surface area contributed by atoms with Gasteiger partial charge in [0.25, 0.3) is 5.91 Å². The molecule has 1 aliphatic rings. The van der Waals surface area contributed by atoms with Crippen molar-refractivity contribution in [3.63, 3.8) is 0 Å². The van der Waals surface area contributed by atoms with Crippen LogP contribution in [0.15, 0.2) is 59.1 Å². The normalized spacial score (nSPS) is 16.5. The van der Waals surface area contributed by atoms with E-state index >= 15 is 0 Å². The minimum atomic E-state index is -0.192. The number of aryl methyl sites for hydroxylation is 1. The van der Waals surface area contributed by atoms with Gasteiger partial charge in [0.2, 0.25) is 11.7 Å². The van der Waals surface area contributed by atoms with Gasteiger partial charge in [0.1, 0.15) is 11.8 Å². The molecule has 1 saturated heterocycles. The maximum atomic E-state index is 12.6. The fourth-order valence-electron chi connectivity index (χ4n) is 3.34. The summed E-state index contributed by atoms with van der Waals surface area (Å²) in [4.78, 5) is 19.0. The second kappa shape index (κ2) is 7.61. The van der Waals surface area contributed by atoms with Gasteiger partial charge in [0.05, 0.1) is 0 Å². The average molecular weight is 363 g/mol. The van der Waals surface area contributed by atoms with Crippen molar-refractivity contribution in [2.24, 2.45) is 0 Å². The van der Waals surface area contributed by atoms with E-state index in [1.807, 2.05) is 61.5 Å². The van der Waals surface area contributed by atoms with E-state index in [0.29, 0.717) is 24.0 Å². The SMILES string of the molecule is Cc1cccc(-c2noc([C@H]3CCCN3C(=O)COc3ccccc3)n2)c1. The van der Waals surface area contributed by atoms with Crippen LogP contribution >= 0.6 is 0 Å². The highest BCUT2D eigenvalue weighted by Crippen LogP contribution is 2.32. The molecule has 0 unspecified atom stereocenters. The van der Waals surface area contributed by atoms with Crippen molar-refractivity contribution in [3.8, 4) is 17.1 Å². The number of ether oxygens (including phenoxy) is 1. The smallest absolute Gasteiger partial charge is 0.261 e. The molecule has 0 N–H and O–H groups in total. The quantitative estimate of drug-likeness (QED) is 0.690. The number of benzene rings is 2. The van der Waals surface area contributed by atoms with E-state index in [1.165, 1.54) is 0 Å². The number of hydrogen-bond donors (Lipinski definition) is 0. The Morgan fingerprint density at radius 2 is 2.07 bits per heavy atom. The lowest BCUT2D eigenvalue weighted by atomic mass is 10.1. The summed E-state index contributed by atoms with van der Waals surface area (Å²) in [5.74, 6) is 1.64. The van der Waals surface area contributed by atoms with Gasteiger partial charge in [-0.3, -0.25) is 4.79 Å². The fraction of sp³-hybridized carbons (Fsp3) is 0.286. The van der Waals surface area contributed by atoms with Crippen LogP contribution in [0, 0.1) is 6.92 Å². The molecular formula is C21H21N3O3. The summed E-state index contributed by atoms with van der Waals surface area (Å²) in [7, 11) is 0. The van der Waals surface area contributed by atoms with E-state index in [1.54, 1.807) is 4.90 Å². The third-order valence-electron chi connectivity index (χ3n) is 4.68. The Morgan fingerprint density at radius 1 is 1.22 bits per heavy atom. The second-order valence-corrected chi connectivity index (χ2v) is 6.67. The summed E-state index contributed by atoms with van der Waals surface area (Å²) in [6, 6.07) is 17.1. The Balaban J connectivity index is 1.46. The highest BCUT2D eigenvalue weighted by Gasteiger charge is 2.34. The predicted octanol–water partition coefficient (Wildman–Crippen LogP) is 3.79. The molecule has 27 heavy (non-hydrogen) atoms. The number of nitrogens with zero attached hydrogens (tertiary/aromatic N) is 3. The minimum Gasteiger partial charge on any atom is -0.484 e. The fourth-order valence-corrected chi connectivity index (χ4v) is 3.34. The van der Waals surface area contributed by atoms with Gasteiger partial charge in [-0.25, -0.2) is 0 Å². The molecule has 1 aliphatic heterocycles. The van der Waals surface area contributed by atoms with Gasteiger partial charge in [-0.15, -0.1) is 0 Å². The Labute approximate surface area is 157 Å². The van der Waals surface area contributed by atoms with Gasteiger partial charge < -0.3 is 14.2 Å². The summed E-state index contributed by atoms with van der Waals surface area (Å²) < 4.78 is 11.1. The lowest BCUT2D eigenvalue weighted by Crippen LogP contribution is -2.34. The molecule has 4 rings (SSSR count). The van der Waals surface area contributed by atoms with E-state index in [2.05, 4.69) is 10.1 Å². The molecule has 0 spiro atoms. The first-order chi connectivity index (χ1) is 13.2. The Morgan fingerprint density at radius 3 is 2.89 bits per heavy atom. The van der Waals surface area contributed by atoms with Crippen molar-refractivity contribution >= 4 is 5.91 Å². The summed E-state index contributed by atoms with van der Waals surface area (Å²) in [6.07, 6.45) is 1.72. The van der Waals surface area contributed by atoms with Gasteiger partial charge in [0.15, 0.2) is 6.61 Å². The van der Waals surface area contributed by atoms with E-state index in [9.17, 15) is 4.79 Å². The molecule has 1 atom stereocenters. The number of carbonyl (C=O) groups is 1. The van der Waals surface area contributed by atoms with Crippen molar-refractivity contribution in [1.29, 1.82) is 0 Å². The maximum absolute atomic E-state index is 12.6. The predicted molar refractivity (Wildman–Crippen MR) is 100 cm³/mol. The molecule has 0 radical (unpaired) electrons. The minimum absolute atomic E-state index is 0.000608. The number of hydrogen-bond acceptors (Lipinski definition) is 5. The van der Waals surface area contributed by atoms with E-state index < -0.39 is 0 Å². The molecule has 0 bridgehead atoms. The van der Waals surface area contributed by atoms with Crippen LogP contribution in [0.5, 0.6) is 5.75 Å². The lowest BCUT2D eigenvalue weighted by molar-refractivity contribution is -0.134. The zero-order valence-corrected chi connectivity index (χ0v) is 15.2. The van der Waals surface area contributed by atoms with Gasteiger partial charge in [-0.1, -0.05) is 47.1 Å². The number of aromatic nitrogens is 2. The van der Waals surface area contributed by atoms with E-state index in [0.717, 1.165) is 24.0 Å². The topological polar surface area (TPSA) is 68.5 Å². The van der Waals surface area contributed by atoms with Crippen LogP contribution in [0.25, 0.3) is 11.4 Å². The summed E-state index contributed by atoms with van der Waals surface area (Å²) in [5.41, 5.74) is 2.04. The Hall–Kier alpha value is -3.15. The largest absolute Gasteiger partial charge is 0.484 e. The van der Waals surface area contributed by atoms with E-state index in [4.69, 9.17) is 9.26 Å². The zero-order chi connectivity index (χ0) is 18.6. The molecule has 3 aromatic rings. The molecule has 2 aromatic carbocycles. The summed E-state index contributed by atoms with van der Waals surface area (Å²) in [5, 5.41) is 4.10. The van der Waals surface area contributed by atoms with Crippen LogP contribution in [-0.4, -0.2) is 34.1 Å². The Kier molecular flexibility index (Phi) is 4.87. The van der Waals surface area contributed by atoms with Crippen LogP contribution in [-0.2, 0) is 4.79 Å². The summed E-state index contributed by atoms with van der Waals surface area (Å²) in [6.45, 7) is 2.69. The van der Waals surface area contributed by atoms with Crippen LogP contribution in [0.1, 0.15) is 30.3 Å². The van der Waals surface area contributed by atoms with Crippen LogP contribution in [0.4, 0.5) is 0 Å². The van der Waals surface area contributed by atoms with Crippen molar-refractivity contribution < 1.29 is 14.1 Å². The molecule has 1 amide bonds. The Bertz CT molecular complexity index is 923. The second-order valence-electron chi connectivity index (χ2n) is 6.67. The molecule has 1 fully saturated rings.